The molecule has 9 nitrogen and oxygen atoms in total. The summed E-state index contributed by atoms with van der Waals surface area (Å²) >= 11 is 0. The first-order chi connectivity index (χ1) is 16.8. The van der Waals surface area contributed by atoms with Crippen molar-refractivity contribution in [2.75, 3.05) is 0 Å². The van der Waals surface area contributed by atoms with Crippen molar-refractivity contribution in [2.24, 2.45) is 5.92 Å². The van der Waals surface area contributed by atoms with Gasteiger partial charge in [-0.3, -0.25) is 4.79 Å². The van der Waals surface area contributed by atoms with Gasteiger partial charge in [-0.2, -0.15) is 4.72 Å². The highest BCUT2D eigenvalue weighted by atomic mass is 32.2. The van der Waals surface area contributed by atoms with Crippen molar-refractivity contribution in [3.8, 4) is 11.3 Å². The number of aromatic nitrogens is 1. The van der Waals surface area contributed by atoms with E-state index in [4.69, 9.17) is 4.42 Å². The van der Waals surface area contributed by atoms with Gasteiger partial charge in [-0.25, -0.2) is 13.4 Å². The predicted molar refractivity (Wildman–Crippen MR) is 130 cm³/mol. The zero-order valence-electron chi connectivity index (χ0n) is 19.1. The van der Waals surface area contributed by atoms with Crippen molar-refractivity contribution in [3.05, 3.63) is 72.8 Å². The second-order valence-corrected chi connectivity index (χ2v) is 10.5. The SMILES string of the molecule is O=C(N[C@@H](CC1CCC1)B(O)O)[C@H](Cc1ccccc1)NS(=O)(=O)c1ccc(-c2cnco2)cc1. The Morgan fingerprint density at radius 2 is 1.83 bits per heavy atom. The quantitative estimate of drug-likeness (QED) is 0.297. The number of nitrogens with zero attached hydrogens (tertiary/aromatic N) is 1. The zero-order chi connectivity index (χ0) is 24.8. The van der Waals surface area contributed by atoms with Gasteiger partial charge in [0.15, 0.2) is 12.2 Å². The van der Waals surface area contributed by atoms with Crippen molar-refractivity contribution in [1.82, 2.24) is 15.0 Å². The van der Waals surface area contributed by atoms with E-state index < -0.39 is 35.0 Å². The van der Waals surface area contributed by atoms with Crippen LogP contribution in [0.4, 0.5) is 0 Å². The lowest BCUT2D eigenvalue weighted by atomic mass is 9.69. The van der Waals surface area contributed by atoms with Crippen molar-refractivity contribution in [3.63, 3.8) is 0 Å². The van der Waals surface area contributed by atoms with Gasteiger partial charge in [0.25, 0.3) is 0 Å². The predicted octanol–water partition coefficient (Wildman–Crippen LogP) is 1.92. The Morgan fingerprint density at radius 3 is 2.40 bits per heavy atom. The molecule has 2 aromatic carbocycles. The summed E-state index contributed by atoms with van der Waals surface area (Å²) in [5.41, 5.74) is 1.42. The largest absolute Gasteiger partial charge is 0.475 e. The first-order valence-corrected chi connectivity index (χ1v) is 13.0. The van der Waals surface area contributed by atoms with Gasteiger partial charge in [-0.05, 0) is 48.6 Å². The summed E-state index contributed by atoms with van der Waals surface area (Å²) in [5.74, 6) is -0.678. The summed E-state index contributed by atoms with van der Waals surface area (Å²) in [7, 11) is -5.80. The molecular formula is C24H28BN3O6S. The number of benzene rings is 2. The molecule has 1 aliphatic rings. The smallest absolute Gasteiger partial charge is 0.444 e. The number of amides is 1. The van der Waals surface area contributed by atoms with Crippen molar-refractivity contribution in [2.45, 2.75) is 49.0 Å². The van der Waals surface area contributed by atoms with Gasteiger partial charge < -0.3 is 19.8 Å². The topological polar surface area (TPSA) is 142 Å². The maximum Gasteiger partial charge on any atom is 0.475 e. The molecule has 0 unspecified atom stereocenters. The maximum atomic E-state index is 13.2. The summed E-state index contributed by atoms with van der Waals surface area (Å²) in [6, 6.07) is 13.9. The van der Waals surface area contributed by atoms with E-state index >= 15 is 0 Å². The monoisotopic (exact) mass is 497 g/mol. The Hall–Kier alpha value is -2.99. The first-order valence-electron chi connectivity index (χ1n) is 11.5. The van der Waals surface area contributed by atoms with Crippen molar-refractivity contribution in [1.29, 1.82) is 0 Å². The summed E-state index contributed by atoms with van der Waals surface area (Å²) < 4.78 is 34.1. The second kappa shape index (κ2) is 11.2. The third-order valence-electron chi connectivity index (χ3n) is 6.28. The molecule has 4 rings (SSSR count). The van der Waals surface area contributed by atoms with Crippen LogP contribution in [-0.4, -0.2) is 48.5 Å². The number of rotatable bonds is 11. The molecule has 1 amide bonds. The minimum atomic E-state index is -4.06. The Labute approximate surface area is 204 Å². The average Bonchev–Trinajstić information content (AvgIpc) is 3.35. The number of hydrogen-bond acceptors (Lipinski definition) is 7. The lowest BCUT2D eigenvalue weighted by Crippen LogP contribution is -2.55. The standard InChI is InChI=1S/C24H28BN3O6S/c29-24(27-23(25(30)31)14-18-7-4-8-18)21(13-17-5-2-1-3-6-17)28-35(32,33)20-11-9-19(10-12-20)22-15-26-16-34-22/h1-3,5-6,9-12,15-16,18,21,23,28,30-31H,4,7-8,13-14H2,(H,27,29)/t21-,23-/m0/s1. The number of carbonyl (C=O) groups is 1. The van der Waals surface area contributed by atoms with Crippen LogP contribution >= 0.6 is 0 Å². The molecule has 1 aromatic heterocycles. The molecule has 1 saturated carbocycles. The molecular weight excluding hydrogens is 469 g/mol. The van der Waals surface area contributed by atoms with Crippen LogP contribution < -0.4 is 10.0 Å². The highest BCUT2D eigenvalue weighted by molar-refractivity contribution is 7.89. The summed E-state index contributed by atoms with van der Waals surface area (Å²) in [5, 5.41) is 22.3. The van der Waals surface area contributed by atoms with E-state index in [0.29, 0.717) is 23.7 Å². The number of nitrogens with one attached hydrogen (secondary N) is 2. The van der Waals surface area contributed by atoms with Gasteiger partial charge in [0.1, 0.15) is 6.04 Å². The molecule has 0 spiro atoms. The van der Waals surface area contributed by atoms with Crippen LogP contribution in [0.15, 0.2) is 76.5 Å². The first kappa shape index (κ1) is 25.1. The van der Waals surface area contributed by atoms with E-state index in [0.717, 1.165) is 24.8 Å². The van der Waals surface area contributed by atoms with Gasteiger partial charge in [-0.1, -0.05) is 49.6 Å². The fourth-order valence-corrected chi connectivity index (χ4v) is 5.27. The van der Waals surface area contributed by atoms with Crippen LogP contribution in [0.1, 0.15) is 31.2 Å². The third kappa shape index (κ3) is 6.58. The lowest BCUT2D eigenvalue weighted by Gasteiger charge is -2.30. The molecule has 0 aliphatic heterocycles. The van der Waals surface area contributed by atoms with Gasteiger partial charge >= 0.3 is 7.12 Å². The molecule has 1 heterocycles. The summed E-state index contributed by atoms with van der Waals surface area (Å²) in [6.07, 6.45) is 6.37. The average molecular weight is 497 g/mol. The number of oxazole rings is 1. The van der Waals surface area contributed by atoms with Crippen LogP contribution in [0.2, 0.25) is 0 Å². The van der Waals surface area contributed by atoms with Crippen molar-refractivity contribution < 1.29 is 27.7 Å². The molecule has 1 aliphatic carbocycles. The molecule has 3 aromatic rings. The van der Waals surface area contributed by atoms with Gasteiger partial charge in [0.2, 0.25) is 15.9 Å². The zero-order valence-corrected chi connectivity index (χ0v) is 19.9. The molecule has 35 heavy (non-hydrogen) atoms. The Balaban J connectivity index is 1.52. The fraction of sp³-hybridized carbons (Fsp3) is 0.333. The molecule has 11 heteroatoms. The number of sulfonamides is 1. The lowest BCUT2D eigenvalue weighted by molar-refractivity contribution is -0.123. The van der Waals surface area contributed by atoms with Crippen LogP contribution in [0.5, 0.6) is 0 Å². The number of carbonyl (C=O) groups excluding carboxylic acids is 1. The van der Waals surface area contributed by atoms with E-state index in [1.807, 2.05) is 6.07 Å². The molecule has 0 saturated heterocycles. The maximum absolute atomic E-state index is 13.2. The van der Waals surface area contributed by atoms with E-state index in [1.54, 1.807) is 36.4 Å². The molecule has 1 fully saturated rings. The Kier molecular flexibility index (Phi) is 8.02. The number of hydrogen-bond donors (Lipinski definition) is 4. The fourth-order valence-electron chi connectivity index (χ4n) is 4.08. The molecule has 184 valence electrons. The summed E-state index contributed by atoms with van der Waals surface area (Å²) in [6.45, 7) is 0. The minimum absolute atomic E-state index is 0.0140. The molecule has 0 radical (unpaired) electrons. The normalized spacial score (nSPS) is 15.7. The Morgan fingerprint density at radius 1 is 1.11 bits per heavy atom. The van der Waals surface area contributed by atoms with E-state index in [2.05, 4.69) is 15.0 Å². The van der Waals surface area contributed by atoms with Gasteiger partial charge in [0, 0.05) is 5.56 Å². The van der Waals surface area contributed by atoms with E-state index in [9.17, 15) is 23.3 Å². The summed E-state index contributed by atoms with van der Waals surface area (Å²) in [4.78, 5) is 17.0. The van der Waals surface area contributed by atoms with E-state index in [1.165, 1.54) is 24.7 Å². The minimum Gasteiger partial charge on any atom is -0.444 e. The van der Waals surface area contributed by atoms with Gasteiger partial charge in [0.05, 0.1) is 17.0 Å². The van der Waals surface area contributed by atoms with Gasteiger partial charge in [-0.15, -0.1) is 0 Å². The van der Waals surface area contributed by atoms with Crippen LogP contribution in [0.3, 0.4) is 0 Å². The van der Waals surface area contributed by atoms with E-state index in [-0.39, 0.29) is 11.3 Å². The Bertz CT molecular complexity index is 1200. The third-order valence-corrected chi connectivity index (χ3v) is 7.77. The van der Waals surface area contributed by atoms with Crippen LogP contribution in [0, 0.1) is 5.92 Å². The molecule has 4 N–H and O–H groups in total. The van der Waals surface area contributed by atoms with Crippen LogP contribution in [0.25, 0.3) is 11.3 Å². The highest BCUT2D eigenvalue weighted by Crippen LogP contribution is 2.30. The highest BCUT2D eigenvalue weighted by Gasteiger charge is 2.34. The van der Waals surface area contributed by atoms with Crippen LogP contribution in [-0.2, 0) is 21.2 Å². The second-order valence-electron chi connectivity index (χ2n) is 8.81. The molecule has 2 atom stereocenters. The van der Waals surface area contributed by atoms with Crippen molar-refractivity contribution >= 4 is 23.0 Å². The molecule has 0 bridgehead atoms.